The molecule has 1 saturated carbocycles. The van der Waals surface area contributed by atoms with Crippen LogP contribution in [0.2, 0.25) is 0 Å². The Bertz CT molecular complexity index is 423. The van der Waals surface area contributed by atoms with E-state index >= 15 is 0 Å². The van der Waals surface area contributed by atoms with Gasteiger partial charge in [-0.2, -0.15) is 0 Å². The normalized spacial score (nSPS) is 24.1. The third-order valence-corrected chi connectivity index (χ3v) is 4.73. The number of carbonyl (C=O) groups is 1. The molecule has 3 nitrogen and oxygen atoms in total. The SMILES string of the molecule is O=C(O)CC1CCCc2sc(C3CC3)nc21. The van der Waals surface area contributed by atoms with Crippen LogP contribution in [0.5, 0.6) is 0 Å². The molecule has 2 aliphatic carbocycles. The lowest BCUT2D eigenvalue weighted by molar-refractivity contribution is -0.137. The molecule has 0 spiro atoms. The number of carboxylic acids is 1. The maximum atomic E-state index is 10.8. The minimum absolute atomic E-state index is 0.171. The van der Waals surface area contributed by atoms with Crippen molar-refractivity contribution in [2.45, 2.75) is 50.4 Å². The van der Waals surface area contributed by atoms with E-state index in [4.69, 9.17) is 10.1 Å². The molecule has 0 saturated heterocycles. The molecule has 1 fully saturated rings. The summed E-state index contributed by atoms with van der Waals surface area (Å²) >= 11 is 1.83. The van der Waals surface area contributed by atoms with Crippen molar-refractivity contribution >= 4 is 17.3 Å². The molecule has 1 unspecified atom stereocenters. The van der Waals surface area contributed by atoms with Gasteiger partial charge in [0.05, 0.1) is 17.1 Å². The van der Waals surface area contributed by atoms with E-state index in [0.29, 0.717) is 5.92 Å². The van der Waals surface area contributed by atoms with Gasteiger partial charge in [0.1, 0.15) is 0 Å². The summed E-state index contributed by atoms with van der Waals surface area (Å²) < 4.78 is 0. The Balaban J connectivity index is 1.88. The molecule has 3 rings (SSSR count). The quantitative estimate of drug-likeness (QED) is 0.879. The van der Waals surface area contributed by atoms with E-state index in [1.165, 1.54) is 22.7 Å². The van der Waals surface area contributed by atoms with Crippen molar-refractivity contribution in [2.24, 2.45) is 0 Å². The second kappa shape index (κ2) is 3.84. The van der Waals surface area contributed by atoms with Crippen LogP contribution in [0, 0.1) is 0 Å². The predicted octanol–water partition coefficient (Wildman–Crippen LogP) is 2.92. The molecule has 0 aliphatic heterocycles. The summed E-state index contributed by atoms with van der Waals surface area (Å²) in [7, 11) is 0. The molecular formula is C12H15NO2S. The summed E-state index contributed by atoms with van der Waals surface area (Å²) in [5, 5.41) is 10.2. The fraction of sp³-hybridized carbons (Fsp3) is 0.667. The third-order valence-electron chi connectivity index (χ3n) is 3.43. The van der Waals surface area contributed by atoms with Gasteiger partial charge in [0, 0.05) is 16.7 Å². The molecule has 0 bridgehead atoms. The molecule has 4 heteroatoms. The van der Waals surface area contributed by atoms with Crippen LogP contribution in [0.1, 0.15) is 59.5 Å². The Morgan fingerprint density at radius 2 is 2.25 bits per heavy atom. The zero-order valence-corrected chi connectivity index (χ0v) is 9.92. The summed E-state index contributed by atoms with van der Waals surface area (Å²) in [4.78, 5) is 16.9. The van der Waals surface area contributed by atoms with Crippen molar-refractivity contribution in [1.82, 2.24) is 4.98 Å². The third kappa shape index (κ3) is 1.86. The van der Waals surface area contributed by atoms with Crippen LogP contribution in [0.4, 0.5) is 0 Å². The summed E-state index contributed by atoms with van der Waals surface area (Å²) in [6, 6.07) is 0. The lowest BCUT2D eigenvalue weighted by atomic mass is 9.88. The van der Waals surface area contributed by atoms with Gasteiger partial charge >= 0.3 is 5.97 Å². The molecule has 1 aromatic rings. The highest BCUT2D eigenvalue weighted by molar-refractivity contribution is 7.11. The summed E-state index contributed by atoms with van der Waals surface area (Å²) in [6.07, 6.45) is 6.02. The van der Waals surface area contributed by atoms with Crippen molar-refractivity contribution < 1.29 is 9.90 Å². The predicted molar refractivity (Wildman–Crippen MR) is 62.0 cm³/mol. The van der Waals surface area contributed by atoms with Gasteiger partial charge in [-0.1, -0.05) is 0 Å². The second-order valence-corrected chi connectivity index (χ2v) is 5.94. The number of hydrogen-bond acceptors (Lipinski definition) is 3. The van der Waals surface area contributed by atoms with E-state index in [2.05, 4.69) is 0 Å². The first-order valence-corrected chi connectivity index (χ1v) is 6.77. The van der Waals surface area contributed by atoms with Gasteiger partial charge in [-0.05, 0) is 32.1 Å². The molecule has 2 aliphatic rings. The van der Waals surface area contributed by atoms with Gasteiger partial charge in [0.2, 0.25) is 0 Å². The minimum atomic E-state index is -0.696. The fourth-order valence-electron chi connectivity index (χ4n) is 2.44. The van der Waals surface area contributed by atoms with Crippen LogP contribution in [0.25, 0.3) is 0 Å². The van der Waals surface area contributed by atoms with E-state index in [9.17, 15) is 4.79 Å². The average Bonchev–Trinajstić information content (AvgIpc) is 2.98. The van der Waals surface area contributed by atoms with Crippen LogP contribution in [-0.2, 0) is 11.2 Å². The topological polar surface area (TPSA) is 50.2 Å². The Morgan fingerprint density at radius 3 is 2.94 bits per heavy atom. The molecule has 86 valence electrons. The molecule has 1 aromatic heterocycles. The molecule has 0 aromatic carbocycles. The van der Waals surface area contributed by atoms with Gasteiger partial charge in [-0.25, -0.2) is 4.98 Å². The number of hydrogen-bond donors (Lipinski definition) is 1. The number of aliphatic carboxylic acids is 1. The van der Waals surface area contributed by atoms with Crippen molar-refractivity contribution in [3.8, 4) is 0 Å². The maximum Gasteiger partial charge on any atom is 0.304 e. The smallest absolute Gasteiger partial charge is 0.304 e. The Morgan fingerprint density at radius 1 is 1.44 bits per heavy atom. The minimum Gasteiger partial charge on any atom is -0.481 e. The standard InChI is InChI=1S/C12H15NO2S/c14-10(15)6-8-2-1-3-9-11(8)13-12(16-9)7-4-5-7/h7-8H,1-6H2,(H,14,15). The Labute approximate surface area is 98.5 Å². The van der Waals surface area contributed by atoms with Crippen molar-refractivity contribution in [3.05, 3.63) is 15.6 Å². The van der Waals surface area contributed by atoms with Crippen molar-refractivity contribution in [1.29, 1.82) is 0 Å². The second-order valence-electron chi connectivity index (χ2n) is 4.82. The largest absolute Gasteiger partial charge is 0.481 e. The number of aromatic nitrogens is 1. The number of fused-ring (bicyclic) bond motifs is 1. The van der Waals surface area contributed by atoms with E-state index in [-0.39, 0.29) is 12.3 Å². The van der Waals surface area contributed by atoms with Gasteiger partial charge < -0.3 is 5.11 Å². The van der Waals surface area contributed by atoms with Gasteiger partial charge in [-0.15, -0.1) is 11.3 Å². The lowest BCUT2D eigenvalue weighted by Crippen LogP contribution is -2.12. The molecule has 0 amide bonds. The van der Waals surface area contributed by atoms with Crippen molar-refractivity contribution in [3.63, 3.8) is 0 Å². The van der Waals surface area contributed by atoms with E-state index in [0.717, 1.165) is 25.0 Å². The van der Waals surface area contributed by atoms with Gasteiger partial charge in [0.25, 0.3) is 0 Å². The Kier molecular flexibility index (Phi) is 2.46. The van der Waals surface area contributed by atoms with Crippen LogP contribution >= 0.6 is 11.3 Å². The molecule has 0 radical (unpaired) electrons. The monoisotopic (exact) mass is 237 g/mol. The first-order valence-electron chi connectivity index (χ1n) is 5.95. The number of carboxylic acid groups (broad SMARTS) is 1. The van der Waals surface area contributed by atoms with Crippen LogP contribution in [0.3, 0.4) is 0 Å². The molecular weight excluding hydrogens is 222 g/mol. The number of nitrogens with zero attached hydrogens (tertiary/aromatic N) is 1. The van der Waals surface area contributed by atoms with E-state index < -0.39 is 5.97 Å². The molecule has 1 atom stereocenters. The fourth-order valence-corrected chi connectivity index (χ4v) is 3.80. The summed E-state index contributed by atoms with van der Waals surface area (Å²) in [6.45, 7) is 0. The molecule has 16 heavy (non-hydrogen) atoms. The van der Waals surface area contributed by atoms with Gasteiger partial charge in [0.15, 0.2) is 0 Å². The average molecular weight is 237 g/mol. The van der Waals surface area contributed by atoms with Crippen LogP contribution < -0.4 is 0 Å². The summed E-state index contributed by atoms with van der Waals surface area (Å²) in [5.74, 6) is 0.171. The van der Waals surface area contributed by atoms with E-state index in [1.54, 1.807) is 0 Å². The highest BCUT2D eigenvalue weighted by atomic mass is 32.1. The van der Waals surface area contributed by atoms with Crippen molar-refractivity contribution in [2.75, 3.05) is 0 Å². The Hall–Kier alpha value is -0.900. The maximum absolute atomic E-state index is 10.8. The number of aryl methyl sites for hydroxylation is 1. The zero-order valence-electron chi connectivity index (χ0n) is 9.11. The molecule has 1 N–H and O–H groups in total. The summed E-state index contributed by atoms with van der Waals surface area (Å²) in [5.41, 5.74) is 1.11. The molecule has 1 heterocycles. The zero-order chi connectivity index (χ0) is 11.1. The van der Waals surface area contributed by atoms with Gasteiger partial charge in [-0.3, -0.25) is 4.79 Å². The number of thiazole rings is 1. The van der Waals surface area contributed by atoms with Crippen LogP contribution in [-0.4, -0.2) is 16.1 Å². The first-order chi connectivity index (χ1) is 7.74. The van der Waals surface area contributed by atoms with E-state index in [1.807, 2.05) is 11.3 Å². The highest BCUT2D eigenvalue weighted by Crippen LogP contribution is 2.45. The lowest BCUT2D eigenvalue weighted by Gasteiger charge is -2.18. The highest BCUT2D eigenvalue weighted by Gasteiger charge is 2.32. The van der Waals surface area contributed by atoms with Crippen LogP contribution in [0.15, 0.2) is 0 Å². The number of rotatable bonds is 3. The first kappa shape index (κ1) is 10.3.